The molecule has 0 aliphatic rings. The molecule has 1 aromatic carbocycles. The molecule has 1 unspecified atom stereocenters. The van der Waals surface area contributed by atoms with E-state index in [0.29, 0.717) is 22.5 Å². The Balaban J connectivity index is 1.84. The van der Waals surface area contributed by atoms with Crippen molar-refractivity contribution in [2.75, 3.05) is 18.5 Å². The van der Waals surface area contributed by atoms with Crippen LogP contribution in [0.5, 0.6) is 0 Å². The average molecular weight is 342 g/mol. The molecular weight excluding hydrogens is 320 g/mol. The molecule has 3 aromatic rings. The molecule has 0 aliphatic carbocycles. The molecule has 0 amide bonds. The van der Waals surface area contributed by atoms with Crippen molar-refractivity contribution in [3.63, 3.8) is 0 Å². The maximum atomic E-state index is 12.8. The smallest absolute Gasteiger partial charge is 0.199 e. The molecule has 24 heavy (non-hydrogen) atoms. The number of pyridine rings is 1. The molecule has 1 N–H and O–H groups in total. The van der Waals surface area contributed by atoms with E-state index in [4.69, 9.17) is 0 Å². The molecule has 3 rings (SSSR count). The number of nitrogens with one attached hydrogen (secondary N) is 1. The molecule has 5 nitrogen and oxygen atoms in total. The van der Waals surface area contributed by atoms with Gasteiger partial charge in [0.15, 0.2) is 10.8 Å². The molecule has 0 saturated carbocycles. The lowest BCUT2D eigenvalue weighted by Crippen LogP contribution is -2.23. The first-order valence-corrected chi connectivity index (χ1v) is 9.34. The van der Waals surface area contributed by atoms with Crippen molar-refractivity contribution in [1.82, 2.24) is 15.0 Å². The quantitative estimate of drug-likeness (QED) is 0.746. The molecule has 1 atom stereocenters. The first-order chi connectivity index (χ1) is 11.5. The van der Waals surface area contributed by atoms with Gasteiger partial charge in [0, 0.05) is 25.5 Å². The zero-order valence-electron chi connectivity index (χ0n) is 14.2. The van der Waals surface area contributed by atoms with Crippen LogP contribution < -0.4 is 4.90 Å². The van der Waals surface area contributed by atoms with E-state index in [0.717, 1.165) is 23.3 Å². The van der Waals surface area contributed by atoms with Gasteiger partial charge in [-0.05, 0) is 29.7 Å². The predicted molar refractivity (Wildman–Crippen MR) is 98.6 cm³/mol. The first-order valence-electron chi connectivity index (χ1n) is 8.02. The Morgan fingerprint density at radius 3 is 2.75 bits per heavy atom. The van der Waals surface area contributed by atoms with Gasteiger partial charge in [0.25, 0.3) is 0 Å². The summed E-state index contributed by atoms with van der Waals surface area (Å²) in [6, 6.07) is 11.8. The summed E-state index contributed by atoms with van der Waals surface area (Å²) in [6.45, 7) is 5.34. The lowest BCUT2D eigenvalue weighted by molar-refractivity contribution is 0.637. The summed E-state index contributed by atoms with van der Waals surface area (Å²) in [5, 5.41) is 0.477. The maximum absolute atomic E-state index is 12.8. The molecule has 0 fully saturated rings. The number of anilines is 1. The molecule has 2 aromatic heterocycles. The fourth-order valence-corrected chi connectivity index (χ4v) is 3.87. The number of nitrogens with zero attached hydrogens (tertiary/aromatic N) is 3. The minimum absolute atomic E-state index is 0.429. The van der Waals surface area contributed by atoms with Crippen molar-refractivity contribution in [3.8, 4) is 0 Å². The van der Waals surface area contributed by atoms with Crippen LogP contribution in [0, 0.1) is 5.92 Å². The molecule has 126 valence electrons. The van der Waals surface area contributed by atoms with Crippen LogP contribution in [-0.2, 0) is 16.6 Å². The molecule has 0 bridgehead atoms. The third kappa shape index (κ3) is 3.64. The molecular formula is C18H22N4OS. The summed E-state index contributed by atoms with van der Waals surface area (Å²) in [6.07, 6.45) is 1.69. The standard InChI is InChI=1S/C18H22N4OS/c1-13(2)11-22(3)16-9-5-4-7-14(16)12-24(23)18-20-15-8-6-10-19-17(15)21-18/h4-10,13H,11-12H2,1-3H3,(H,19,20,21). The number of H-pyrrole nitrogens is 1. The number of fused-ring (bicyclic) bond motifs is 1. The van der Waals surface area contributed by atoms with E-state index in [1.165, 1.54) is 0 Å². The predicted octanol–water partition coefficient (Wildman–Crippen LogP) is 3.36. The number of aromatic nitrogens is 3. The number of imidazole rings is 1. The van der Waals surface area contributed by atoms with Gasteiger partial charge in [-0.1, -0.05) is 32.0 Å². The number of para-hydroxylation sites is 1. The van der Waals surface area contributed by atoms with Gasteiger partial charge in [-0.25, -0.2) is 9.97 Å². The van der Waals surface area contributed by atoms with Crippen molar-refractivity contribution < 1.29 is 4.21 Å². The van der Waals surface area contributed by atoms with Crippen LogP contribution >= 0.6 is 0 Å². The van der Waals surface area contributed by atoms with Gasteiger partial charge in [0.1, 0.15) is 0 Å². The normalized spacial score (nSPS) is 12.7. The average Bonchev–Trinajstić information content (AvgIpc) is 2.99. The fourth-order valence-electron chi connectivity index (χ4n) is 2.79. The number of hydrogen-bond donors (Lipinski definition) is 1. The van der Waals surface area contributed by atoms with Crippen LogP contribution in [0.15, 0.2) is 47.8 Å². The van der Waals surface area contributed by atoms with Crippen molar-refractivity contribution in [2.45, 2.75) is 24.8 Å². The van der Waals surface area contributed by atoms with Gasteiger partial charge >= 0.3 is 0 Å². The van der Waals surface area contributed by atoms with Gasteiger partial charge in [0.2, 0.25) is 0 Å². The van der Waals surface area contributed by atoms with Gasteiger partial charge in [-0.3, -0.25) is 4.21 Å². The van der Waals surface area contributed by atoms with Crippen LogP contribution in [0.3, 0.4) is 0 Å². The fraction of sp³-hybridized carbons (Fsp3) is 0.333. The molecule has 0 spiro atoms. The Labute approximate surface area is 144 Å². The lowest BCUT2D eigenvalue weighted by atomic mass is 10.1. The Hall–Kier alpha value is -2.21. The summed E-state index contributed by atoms with van der Waals surface area (Å²) in [5.74, 6) is 0.994. The van der Waals surface area contributed by atoms with Gasteiger partial charge in [0.05, 0.1) is 22.1 Å². The van der Waals surface area contributed by atoms with Crippen LogP contribution in [0.1, 0.15) is 19.4 Å². The van der Waals surface area contributed by atoms with Crippen LogP contribution in [0.4, 0.5) is 5.69 Å². The van der Waals surface area contributed by atoms with Crippen LogP contribution in [0.25, 0.3) is 11.2 Å². The Kier molecular flexibility index (Phi) is 4.94. The van der Waals surface area contributed by atoms with Crippen molar-refractivity contribution in [3.05, 3.63) is 48.2 Å². The summed E-state index contributed by atoms with van der Waals surface area (Å²) in [5.41, 5.74) is 3.60. The monoisotopic (exact) mass is 342 g/mol. The van der Waals surface area contributed by atoms with Crippen molar-refractivity contribution in [1.29, 1.82) is 0 Å². The Morgan fingerprint density at radius 2 is 2.00 bits per heavy atom. The van der Waals surface area contributed by atoms with Crippen LogP contribution in [0.2, 0.25) is 0 Å². The van der Waals surface area contributed by atoms with E-state index >= 15 is 0 Å². The summed E-state index contributed by atoms with van der Waals surface area (Å²) in [7, 11) is 0.836. The third-order valence-corrected chi connectivity index (χ3v) is 4.98. The third-order valence-electron chi connectivity index (χ3n) is 3.78. The summed E-state index contributed by atoms with van der Waals surface area (Å²) in [4.78, 5) is 13.9. The number of benzene rings is 1. The molecule has 6 heteroatoms. The van der Waals surface area contributed by atoms with E-state index in [2.05, 4.69) is 46.8 Å². The minimum atomic E-state index is -1.24. The largest absolute Gasteiger partial charge is 0.374 e. The molecule has 0 saturated heterocycles. The highest BCUT2D eigenvalue weighted by molar-refractivity contribution is 7.84. The van der Waals surface area contributed by atoms with Crippen molar-refractivity contribution >= 4 is 27.7 Å². The topological polar surface area (TPSA) is 61.9 Å². The molecule has 0 aliphatic heterocycles. The number of hydrogen-bond acceptors (Lipinski definition) is 4. The Bertz CT molecular complexity index is 826. The zero-order chi connectivity index (χ0) is 17.1. The van der Waals surface area contributed by atoms with E-state index in [9.17, 15) is 4.21 Å². The first kappa shape index (κ1) is 16.6. The lowest BCUT2D eigenvalue weighted by Gasteiger charge is -2.24. The van der Waals surface area contributed by atoms with Gasteiger partial charge < -0.3 is 9.88 Å². The van der Waals surface area contributed by atoms with E-state index in [1.807, 2.05) is 30.3 Å². The van der Waals surface area contributed by atoms with Gasteiger partial charge in [-0.15, -0.1) is 0 Å². The van der Waals surface area contributed by atoms with Crippen LogP contribution in [-0.4, -0.2) is 32.8 Å². The number of rotatable bonds is 6. The molecule has 0 radical (unpaired) electrons. The summed E-state index contributed by atoms with van der Waals surface area (Å²) >= 11 is 0. The van der Waals surface area contributed by atoms with E-state index in [-0.39, 0.29) is 0 Å². The second-order valence-corrected chi connectivity index (χ2v) is 7.68. The Morgan fingerprint density at radius 1 is 1.21 bits per heavy atom. The maximum Gasteiger partial charge on any atom is 0.199 e. The van der Waals surface area contributed by atoms with Crippen molar-refractivity contribution in [2.24, 2.45) is 5.92 Å². The highest BCUT2D eigenvalue weighted by Crippen LogP contribution is 2.23. The minimum Gasteiger partial charge on any atom is -0.374 e. The second kappa shape index (κ2) is 7.13. The second-order valence-electron chi connectivity index (χ2n) is 6.31. The highest BCUT2D eigenvalue weighted by atomic mass is 32.2. The van der Waals surface area contributed by atoms with Gasteiger partial charge in [-0.2, -0.15) is 0 Å². The van der Waals surface area contributed by atoms with E-state index in [1.54, 1.807) is 6.20 Å². The summed E-state index contributed by atoms with van der Waals surface area (Å²) < 4.78 is 12.8. The zero-order valence-corrected chi connectivity index (χ0v) is 15.0. The molecule has 2 heterocycles. The highest BCUT2D eigenvalue weighted by Gasteiger charge is 2.15. The van der Waals surface area contributed by atoms with E-state index < -0.39 is 10.8 Å². The number of aromatic amines is 1. The SMILES string of the molecule is CC(C)CN(C)c1ccccc1CS(=O)c1nc2ncccc2[nH]1.